The van der Waals surface area contributed by atoms with Crippen molar-refractivity contribution >= 4 is 23.0 Å². The Hall–Kier alpha value is -1.80. The molecule has 1 aliphatic carbocycles. The van der Waals surface area contributed by atoms with Gasteiger partial charge in [-0.15, -0.1) is 0 Å². The number of rotatable bonds is 1. The molecule has 2 aliphatic rings. The molecule has 2 nitrogen and oxygen atoms in total. The van der Waals surface area contributed by atoms with Crippen LogP contribution in [0.5, 0.6) is 0 Å². The summed E-state index contributed by atoms with van der Waals surface area (Å²) in [5, 5.41) is 3.92. The summed E-state index contributed by atoms with van der Waals surface area (Å²) < 4.78 is 0. The highest BCUT2D eigenvalue weighted by molar-refractivity contribution is 6.34. The van der Waals surface area contributed by atoms with Gasteiger partial charge in [-0.2, -0.15) is 0 Å². The molecule has 0 saturated heterocycles. The van der Waals surface area contributed by atoms with Crippen LogP contribution < -0.4 is 5.32 Å². The fourth-order valence-electron chi connectivity index (χ4n) is 1.95. The van der Waals surface area contributed by atoms with E-state index in [4.69, 9.17) is 11.6 Å². The van der Waals surface area contributed by atoms with Gasteiger partial charge in [-0.05, 0) is 6.08 Å². The van der Waals surface area contributed by atoms with E-state index < -0.39 is 0 Å². The molecule has 0 amide bonds. The second kappa shape index (κ2) is 4.22. The molecular weight excluding hydrogens is 232 g/mol. The Morgan fingerprint density at radius 1 is 1.12 bits per heavy atom. The van der Waals surface area contributed by atoms with Crippen LogP contribution in [-0.2, 0) is 0 Å². The van der Waals surface area contributed by atoms with Gasteiger partial charge >= 0.3 is 0 Å². The van der Waals surface area contributed by atoms with E-state index in [0.717, 1.165) is 17.0 Å². The normalized spacial score (nSPS) is 21.9. The van der Waals surface area contributed by atoms with Crippen molar-refractivity contribution in [2.45, 2.75) is 6.04 Å². The van der Waals surface area contributed by atoms with Crippen molar-refractivity contribution in [2.24, 2.45) is 4.99 Å². The third-order valence-electron chi connectivity index (χ3n) is 2.80. The Bertz CT molecular complexity index is 553. The summed E-state index contributed by atoms with van der Waals surface area (Å²) in [7, 11) is 0. The fourth-order valence-corrected chi connectivity index (χ4v) is 2.21. The molecule has 0 fully saturated rings. The van der Waals surface area contributed by atoms with Gasteiger partial charge in [-0.1, -0.05) is 60.2 Å². The van der Waals surface area contributed by atoms with Crippen LogP contribution in [-0.4, -0.2) is 11.8 Å². The van der Waals surface area contributed by atoms with Gasteiger partial charge in [-0.3, -0.25) is 0 Å². The maximum atomic E-state index is 6.21. The number of nitrogens with zero attached hydrogens (tertiary/aromatic N) is 1. The standard InChI is InChI=1S/C14H11ClN2/c15-14-13(10-6-2-1-3-7-10)16-11-8-4-5-9-12(11)17-14/h1-9,11,16H. The predicted molar refractivity (Wildman–Crippen MR) is 71.9 cm³/mol. The van der Waals surface area contributed by atoms with Crippen molar-refractivity contribution in [3.05, 3.63) is 65.4 Å². The molecule has 0 saturated carbocycles. The second-order valence-electron chi connectivity index (χ2n) is 3.93. The smallest absolute Gasteiger partial charge is 0.153 e. The summed E-state index contributed by atoms with van der Waals surface area (Å²) in [6, 6.07) is 10.1. The first-order valence-electron chi connectivity index (χ1n) is 5.50. The third-order valence-corrected chi connectivity index (χ3v) is 3.07. The van der Waals surface area contributed by atoms with Crippen molar-refractivity contribution in [1.82, 2.24) is 5.32 Å². The number of nitrogens with one attached hydrogen (secondary N) is 1. The molecule has 1 aromatic rings. The number of allylic oxidation sites excluding steroid dienone is 2. The second-order valence-corrected chi connectivity index (χ2v) is 4.29. The highest BCUT2D eigenvalue weighted by Crippen LogP contribution is 2.25. The van der Waals surface area contributed by atoms with Gasteiger partial charge in [0.1, 0.15) is 0 Å². The summed E-state index contributed by atoms with van der Waals surface area (Å²) >= 11 is 6.21. The molecular formula is C14H11ClN2. The Balaban J connectivity index is 2.04. The summed E-state index contributed by atoms with van der Waals surface area (Å²) in [5.41, 5.74) is 2.90. The maximum Gasteiger partial charge on any atom is 0.153 e. The number of benzene rings is 1. The van der Waals surface area contributed by atoms with Gasteiger partial charge in [0.2, 0.25) is 0 Å². The zero-order chi connectivity index (χ0) is 11.7. The van der Waals surface area contributed by atoms with Crippen LogP contribution >= 0.6 is 11.6 Å². The van der Waals surface area contributed by atoms with E-state index in [1.165, 1.54) is 0 Å². The fraction of sp³-hybridized carbons (Fsp3) is 0.0714. The number of halogens is 1. The van der Waals surface area contributed by atoms with Crippen molar-refractivity contribution in [3.8, 4) is 0 Å². The molecule has 1 aromatic carbocycles. The summed E-state index contributed by atoms with van der Waals surface area (Å²) in [5.74, 6) is 0. The van der Waals surface area contributed by atoms with Crippen LogP contribution in [0.4, 0.5) is 0 Å². The average Bonchev–Trinajstić information content (AvgIpc) is 2.39. The van der Waals surface area contributed by atoms with E-state index in [1.54, 1.807) is 0 Å². The zero-order valence-electron chi connectivity index (χ0n) is 9.10. The molecule has 84 valence electrons. The SMILES string of the molecule is ClC1=C(c2ccccc2)NC2C=CC=CC2=N1. The predicted octanol–water partition coefficient (Wildman–Crippen LogP) is 3.09. The minimum atomic E-state index is 0.123. The van der Waals surface area contributed by atoms with Crippen LogP contribution in [0.2, 0.25) is 0 Å². The number of hydrogen-bond donors (Lipinski definition) is 1. The minimum absolute atomic E-state index is 0.123. The lowest BCUT2D eigenvalue weighted by molar-refractivity contribution is 0.874. The Kier molecular flexibility index (Phi) is 2.57. The molecule has 3 heteroatoms. The summed E-state index contributed by atoms with van der Waals surface area (Å²) in [6.45, 7) is 0. The van der Waals surface area contributed by atoms with Crippen molar-refractivity contribution < 1.29 is 0 Å². The van der Waals surface area contributed by atoms with E-state index in [1.807, 2.05) is 48.6 Å². The van der Waals surface area contributed by atoms with Crippen molar-refractivity contribution in [1.29, 1.82) is 0 Å². The monoisotopic (exact) mass is 242 g/mol. The first kappa shape index (κ1) is 10.4. The zero-order valence-corrected chi connectivity index (χ0v) is 9.85. The topological polar surface area (TPSA) is 24.4 Å². The van der Waals surface area contributed by atoms with Gasteiger partial charge in [-0.25, -0.2) is 4.99 Å². The average molecular weight is 243 g/mol. The van der Waals surface area contributed by atoms with Gasteiger partial charge in [0.15, 0.2) is 5.16 Å². The van der Waals surface area contributed by atoms with Gasteiger partial charge in [0.25, 0.3) is 0 Å². The van der Waals surface area contributed by atoms with Gasteiger partial charge in [0.05, 0.1) is 17.5 Å². The lowest BCUT2D eigenvalue weighted by Gasteiger charge is -2.25. The summed E-state index contributed by atoms with van der Waals surface area (Å²) in [4.78, 5) is 4.42. The van der Waals surface area contributed by atoms with Crippen molar-refractivity contribution in [3.63, 3.8) is 0 Å². The van der Waals surface area contributed by atoms with E-state index in [0.29, 0.717) is 5.16 Å². The molecule has 3 rings (SSSR count). The molecule has 1 N–H and O–H groups in total. The van der Waals surface area contributed by atoms with Crippen LogP contribution in [0.1, 0.15) is 5.56 Å². The molecule has 1 unspecified atom stereocenters. The molecule has 1 atom stereocenters. The molecule has 17 heavy (non-hydrogen) atoms. The first-order valence-corrected chi connectivity index (χ1v) is 5.87. The highest BCUT2D eigenvalue weighted by atomic mass is 35.5. The third kappa shape index (κ3) is 1.92. The Morgan fingerprint density at radius 2 is 1.94 bits per heavy atom. The first-order chi connectivity index (χ1) is 8.34. The lowest BCUT2D eigenvalue weighted by atomic mass is 10.0. The Morgan fingerprint density at radius 3 is 2.76 bits per heavy atom. The van der Waals surface area contributed by atoms with Gasteiger partial charge < -0.3 is 5.32 Å². The summed E-state index contributed by atoms with van der Waals surface area (Å²) in [6.07, 6.45) is 8.03. The molecule has 1 aliphatic heterocycles. The lowest BCUT2D eigenvalue weighted by Crippen LogP contribution is -2.36. The van der Waals surface area contributed by atoms with Crippen LogP contribution in [0, 0.1) is 0 Å². The van der Waals surface area contributed by atoms with E-state index in [2.05, 4.69) is 16.4 Å². The quantitative estimate of drug-likeness (QED) is 0.752. The van der Waals surface area contributed by atoms with E-state index in [9.17, 15) is 0 Å². The van der Waals surface area contributed by atoms with Crippen LogP contribution in [0.15, 0.2) is 64.8 Å². The van der Waals surface area contributed by atoms with Crippen LogP contribution in [0.3, 0.4) is 0 Å². The maximum absolute atomic E-state index is 6.21. The number of fused-ring (bicyclic) bond motifs is 1. The Labute approximate surface area is 105 Å². The molecule has 0 bridgehead atoms. The molecule has 0 aromatic heterocycles. The van der Waals surface area contributed by atoms with Crippen LogP contribution in [0.25, 0.3) is 5.70 Å². The van der Waals surface area contributed by atoms with E-state index >= 15 is 0 Å². The molecule has 0 radical (unpaired) electrons. The largest absolute Gasteiger partial charge is 0.370 e. The minimum Gasteiger partial charge on any atom is -0.370 e. The highest BCUT2D eigenvalue weighted by Gasteiger charge is 2.21. The molecule has 0 spiro atoms. The number of aliphatic imine (C=N–C) groups is 1. The van der Waals surface area contributed by atoms with Gasteiger partial charge in [0, 0.05) is 5.56 Å². The molecule has 1 heterocycles. The van der Waals surface area contributed by atoms with Crippen molar-refractivity contribution in [2.75, 3.05) is 0 Å². The number of hydrogen-bond acceptors (Lipinski definition) is 2. The van der Waals surface area contributed by atoms with E-state index in [-0.39, 0.29) is 6.04 Å².